The number of rotatable bonds is 5. The molecule has 0 fully saturated rings. The summed E-state index contributed by atoms with van der Waals surface area (Å²) >= 11 is 0. The van der Waals surface area contributed by atoms with Gasteiger partial charge in [0.2, 0.25) is 0 Å². The lowest BCUT2D eigenvalue weighted by Gasteiger charge is -2.37. The molecule has 19 rings (SSSR count). The van der Waals surface area contributed by atoms with E-state index in [4.69, 9.17) is 4.74 Å². The highest BCUT2D eigenvalue weighted by atomic mass is 16.5. The minimum Gasteiger partial charge on any atom is -0.458 e. The maximum atomic E-state index is 7.96. The van der Waals surface area contributed by atoms with Gasteiger partial charge in [-0.05, 0) is 175 Å². The van der Waals surface area contributed by atoms with Gasteiger partial charge in [-0.25, -0.2) is 0 Å². The lowest BCUT2D eigenvalue weighted by molar-refractivity contribution is 0.486. The largest absolute Gasteiger partial charge is 0.458 e. The predicted octanol–water partition coefficient (Wildman–Crippen LogP) is 21.7. The maximum Gasteiger partial charge on any atom is 0.256 e. The highest BCUT2D eigenvalue weighted by molar-refractivity contribution is 6.99. The summed E-state index contributed by atoms with van der Waals surface area (Å²) in [6, 6.07) is 102. The van der Waals surface area contributed by atoms with E-state index in [-0.39, 0.29) is 23.0 Å². The molecule has 0 saturated heterocycles. The predicted molar refractivity (Wildman–Crippen MR) is 400 cm³/mol. The lowest BCUT2D eigenvalue weighted by Crippen LogP contribution is -2.58. The van der Waals surface area contributed by atoms with E-state index in [0.29, 0.717) is 0 Å². The minimum atomic E-state index is -0.548. The van der Waals surface area contributed by atoms with Crippen molar-refractivity contribution in [3.8, 4) is 89.6 Å². The number of benzene rings is 13. The van der Waals surface area contributed by atoms with E-state index in [1.54, 1.807) is 0 Å². The summed E-state index contributed by atoms with van der Waals surface area (Å²) in [5, 5.41) is 4.89. The molecule has 4 heteroatoms. The van der Waals surface area contributed by atoms with Crippen LogP contribution in [0.25, 0.3) is 122 Å². The first kappa shape index (κ1) is 55.9. The van der Waals surface area contributed by atoms with E-state index in [9.17, 15) is 0 Å². The Morgan fingerprint density at radius 3 is 1.38 bits per heavy atom. The number of nitrogens with zero attached hydrogens (tertiary/aromatic N) is 2. The normalized spacial score (nSPS) is 13.9. The molecule has 4 aliphatic rings. The molecule has 0 bridgehead atoms. The molecule has 454 valence electrons. The molecule has 13 aromatic carbocycles. The summed E-state index contributed by atoms with van der Waals surface area (Å²) in [6.07, 6.45) is 0. The summed E-state index contributed by atoms with van der Waals surface area (Å²) in [6.45, 7) is 21.3. The minimum absolute atomic E-state index is 0.0693. The first-order valence-electron chi connectivity index (χ1n) is 33.9. The number of hydrogen-bond donors (Lipinski definition) is 0. The molecule has 95 heavy (non-hydrogen) atoms. The number of aromatic nitrogens is 2. The van der Waals surface area contributed by atoms with Crippen LogP contribution in [0.2, 0.25) is 0 Å². The second-order valence-electron chi connectivity index (χ2n) is 30.3. The fourth-order valence-electron chi connectivity index (χ4n) is 17.6. The molecule has 0 N–H and O–H groups in total. The molecule has 0 atom stereocenters. The van der Waals surface area contributed by atoms with Gasteiger partial charge in [0.15, 0.2) is 0 Å². The van der Waals surface area contributed by atoms with Crippen molar-refractivity contribution in [1.29, 1.82) is 0 Å². The van der Waals surface area contributed by atoms with Crippen LogP contribution in [0.15, 0.2) is 267 Å². The van der Waals surface area contributed by atoms with Crippen LogP contribution < -0.4 is 21.1 Å². The van der Waals surface area contributed by atoms with Crippen LogP contribution in [0, 0.1) is 0 Å². The highest BCUT2D eigenvalue weighted by Gasteiger charge is 2.53. The second kappa shape index (κ2) is 19.7. The van der Waals surface area contributed by atoms with Crippen molar-refractivity contribution in [2.24, 2.45) is 0 Å². The van der Waals surface area contributed by atoms with Gasteiger partial charge in [0.25, 0.3) is 6.71 Å². The van der Waals surface area contributed by atoms with E-state index in [1.165, 1.54) is 155 Å². The molecule has 4 heterocycles. The second-order valence-corrected chi connectivity index (χ2v) is 30.3. The van der Waals surface area contributed by atoms with Gasteiger partial charge in [0.1, 0.15) is 11.5 Å². The van der Waals surface area contributed by atoms with Crippen LogP contribution in [-0.2, 0) is 21.7 Å². The first-order valence-corrected chi connectivity index (χ1v) is 33.9. The third-order valence-electron chi connectivity index (χ3n) is 21.8. The van der Waals surface area contributed by atoms with Gasteiger partial charge in [-0.3, -0.25) is 0 Å². The molecule has 2 aromatic heterocycles. The summed E-state index contributed by atoms with van der Waals surface area (Å²) in [5.41, 5.74) is 33.6. The zero-order chi connectivity index (χ0) is 64.2. The molecule has 2 aliphatic heterocycles. The van der Waals surface area contributed by atoms with Crippen LogP contribution in [0.1, 0.15) is 101 Å². The van der Waals surface area contributed by atoms with Gasteiger partial charge >= 0.3 is 0 Å². The Labute approximate surface area is 556 Å². The monoisotopic (exact) mass is 1220 g/mol. The molecule has 15 aromatic rings. The third kappa shape index (κ3) is 7.77. The smallest absolute Gasteiger partial charge is 0.256 e. The maximum absolute atomic E-state index is 7.96. The molecule has 0 saturated carbocycles. The fourth-order valence-corrected chi connectivity index (χ4v) is 17.6. The number of fused-ring (bicyclic) bond motifs is 21. The van der Waals surface area contributed by atoms with E-state index < -0.39 is 5.41 Å². The Kier molecular flexibility index (Phi) is 11.6. The highest BCUT2D eigenvalue weighted by Crippen LogP contribution is 2.63. The Bertz CT molecular complexity index is 5720. The molecular formula is C91H71BN2O. The topological polar surface area (TPSA) is 19.1 Å². The first-order chi connectivity index (χ1) is 46.1. The van der Waals surface area contributed by atoms with Gasteiger partial charge < -0.3 is 13.9 Å². The molecular weight excluding hydrogens is 1150 g/mol. The van der Waals surface area contributed by atoms with E-state index in [0.717, 1.165) is 34.0 Å². The van der Waals surface area contributed by atoms with Crippen molar-refractivity contribution in [3.05, 3.63) is 306 Å². The van der Waals surface area contributed by atoms with Crippen molar-refractivity contribution in [1.82, 2.24) is 9.13 Å². The van der Waals surface area contributed by atoms with E-state index in [2.05, 4.69) is 338 Å². The van der Waals surface area contributed by atoms with Crippen LogP contribution in [0.3, 0.4) is 0 Å². The summed E-state index contributed by atoms with van der Waals surface area (Å²) < 4.78 is 13.3. The van der Waals surface area contributed by atoms with Crippen molar-refractivity contribution in [2.75, 3.05) is 0 Å². The van der Waals surface area contributed by atoms with Crippen molar-refractivity contribution in [2.45, 2.75) is 84.0 Å². The average Bonchev–Trinajstić information content (AvgIpc) is 1.54. The molecule has 0 radical (unpaired) electrons. The quantitative estimate of drug-likeness (QED) is 0.157. The zero-order valence-electron chi connectivity index (χ0n) is 55.3. The Morgan fingerprint density at radius 2 is 0.811 bits per heavy atom. The van der Waals surface area contributed by atoms with Gasteiger partial charge in [0, 0.05) is 32.8 Å². The zero-order valence-corrected chi connectivity index (χ0v) is 55.3. The van der Waals surface area contributed by atoms with Crippen LogP contribution >= 0.6 is 0 Å². The summed E-state index contributed by atoms with van der Waals surface area (Å²) in [4.78, 5) is 0. The van der Waals surface area contributed by atoms with Crippen LogP contribution in [0.5, 0.6) is 11.5 Å². The van der Waals surface area contributed by atoms with Crippen LogP contribution in [0.4, 0.5) is 0 Å². The SMILES string of the molecule is CC(C)(C)c1cc(C(C)(C)C)c(-c2cc3c4c(c2)-n2c5ccccc5c5c2c(cc2c6ccccc6n(-c6cc(-c7ccccc7)c(-c7ccccc7)cc6-c6ccccc6)c25)B4c2cc4c(cc2O3)C2(c3ccccc3-c3ccccc32)c2ccccc2-4)c(C(C)(C)C)c1. The standard InChI is InChI=1S/C91H71BN2O/c1-88(2,3)58-47-73(89(4,5)6)83(74(48-58)90(7,8)9)57-45-80-85-82(46-57)95-81-53-72-67(61-37-21-26-42-71(61)91(72)69-40-24-19-35-59(69)60-36-20-25-41-70(60)91)50-75(81)92(85)76-51-68-62-38-22-27-43-77(62)93(86(68)84-63-39-23-28-44-78(63)94(80)87(76)84)79-52-65(55-31-15-11-16-32-55)64(54-29-13-10-14-30-54)49-66(79)56-33-17-12-18-34-56/h10-53H,1-9H3. The summed E-state index contributed by atoms with van der Waals surface area (Å²) in [7, 11) is 0. The number of ether oxygens (including phenoxy) is 1. The van der Waals surface area contributed by atoms with Gasteiger partial charge in [-0.1, -0.05) is 287 Å². The average molecular weight is 1220 g/mol. The van der Waals surface area contributed by atoms with Crippen molar-refractivity contribution >= 4 is 66.7 Å². The number of hydrogen-bond acceptors (Lipinski definition) is 1. The van der Waals surface area contributed by atoms with Crippen molar-refractivity contribution < 1.29 is 4.74 Å². The summed E-state index contributed by atoms with van der Waals surface area (Å²) in [5.74, 6) is 1.82. The molecule has 0 amide bonds. The van der Waals surface area contributed by atoms with E-state index >= 15 is 0 Å². The Morgan fingerprint density at radius 1 is 0.326 bits per heavy atom. The van der Waals surface area contributed by atoms with Crippen LogP contribution in [-0.4, -0.2) is 15.8 Å². The van der Waals surface area contributed by atoms with E-state index in [1.807, 2.05) is 0 Å². The van der Waals surface area contributed by atoms with Gasteiger partial charge in [-0.2, -0.15) is 0 Å². The lowest BCUT2D eigenvalue weighted by atomic mass is 9.34. The van der Waals surface area contributed by atoms with Gasteiger partial charge in [-0.15, -0.1) is 0 Å². The van der Waals surface area contributed by atoms with Crippen molar-refractivity contribution in [3.63, 3.8) is 0 Å². The van der Waals surface area contributed by atoms with Gasteiger partial charge in [0.05, 0.1) is 33.2 Å². The fraction of sp³-hybridized carbons (Fsp3) is 0.143. The number of para-hydroxylation sites is 2. The third-order valence-corrected chi connectivity index (χ3v) is 21.8. The molecule has 1 spiro atoms. The Hall–Kier alpha value is -10.7. The molecule has 0 unspecified atom stereocenters. The Balaban J connectivity index is 0.977. The molecule has 3 nitrogen and oxygen atoms in total. The molecule has 2 aliphatic carbocycles.